The van der Waals surface area contributed by atoms with Gasteiger partial charge in [0, 0.05) is 18.7 Å². The van der Waals surface area contributed by atoms with Gasteiger partial charge in [-0.3, -0.25) is 14.3 Å². The molecule has 23 heavy (non-hydrogen) atoms. The minimum atomic E-state index is -4.47. The fourth-order valence-electron chi connectivity index (χ4n) is 2.23. The second-order valence-corrected chi connectivity index (χ2v) is 5.30. The normalized spacial score (nSPS) is 11.7. The Kier molecular flexibility index (Phi) is 4.63. The number of anilines is 1. The molecule has 2 aromatic rings. The first-order valence-corrected chi connectivity index (χ1v) is 6.95. The summed E-state index contributed by atoms with van der Waals surface area (Å²) in [6, 6.07) is 5.95. The van der Waals surface area contributed by atoms with Crippen molar-refractivity contribution < 1.29 is 13.2 Å². The van der Waals surface area contributed by atoms with E-state index < -0.39 is 23.0 Å². The molecule has 1 aromatic carbocycles. The summed E-state index contributed by atoms with van der Waals surface area (Å²) in [5.41, 5.74) is -1.87. The average Bonchev–Trinajstić information content (AvgIpc) is 2.43. The van der Waals surface area contributed by atoms with Gasteiger partial charge in [0.1, 0.15) is 5.82 Å². The van der Waals surface area contributed by atoms with E-state index in [9.17, 15) is 22.8 Å². The van der Waals surface area contributed by atoms with Crippen LogP contribution in [-0.2, 0) is 12.7 Å². The molecule has 1 aromatic heterocycles. The summed E-state index contributed by atoms with van der Waals surface area (Å²) in [5.74, 6) is 0.0777. The van der Waals surface area contributed by atoms with Gasteiger partial charge in [-0.05, 0) is 25.5 Å². The molecule has 0 spiro atoms. The van der Waals surface area contributed by atoms with E-state index in [1.54, 1.807) is 13.8 Å². The van der Waals surface area contributed by atoms with Crippen molar-refractivity contribution in [2.24, 2.45) is 0 Å². The molecule has 8 heteroatoms. The fourth-order valence-corrected chi connectivity index (χ4v) is 2.23. The molecule has 0 bridgehead atoms. The van der Waals surface area contributed by atoms with Gasteiger partial charge in [0.05, 0.1) is 5.56 Å². The number of hydrogen-bond donors (Lipinski definition) is 2. The maximum atomic E-state index is 12.9. The lowest BCUT2D eigenvalue weighted by molar-refractivity contribution is -0.138. The second-order valence-electron chi connectivity index (χ2n) is 5.30. The highest BCUT2D eigenvalue weighted by atomic mass is 19.4. The molecular formula is C15H16F3N3O2. The van der Waals surface area contributed by atoms with Crippen LogP contribution in [0.4, 0.5) is 19.0 Å². The van der Waals surface area contributed by atoms with Gasteiger partial charge in [0.25, 0.3) is 5.56 Å². The van der Waals surface area contributed by atoms with E-state index in [0.29, 0.717) is 0 Å². The van der Waals surface area contributed by atoms with E-state index >= 15 is 0 Å². The van der Waals surface area contributed by atoms with Crippen LogP contribution < -0.4 is 16.6 Å². The van der Waals surface area contributed by atoms with Crippen molar-refractivity contribution in [1.29, 1.82) is 0 Å². The molecule has 124 valence electrons. The summed E-state index contributed by atoms with van der Waals surface area (Å²) in [6.45, 7) is 3.20. The molecule has 0 aliphatic rings. The monoisotopic (exact) mass is 327 g/mol. The zero-order valence-electron chi connectivity index (χ0n) is 12.6. The van der Waals surface area contributed by atoms with Crippen molar-refractivity contribution in [2.45, 2.75) is 32.6 Å². The van der Waals surface area contributed by atoms with Crippen molar-refractivity contribution in [2.75, 3.05) is 5.32 Å². The highest BCUT2D eigenvalue weighted by molar-refractivity contribution is 5.37. The highest BCUT2D eigenvalue weighted by Gasteiger charge is 2.32. The van der Waals surface area contributed by atoms with Crippen molar-refractivity contribution in [3.63, 3.8) is 0 Å². The number of halogens is 3. The van der Waals surface area contributed by atoms with Crippen LogP contribution in [0.2, 0.25) is 0 Å². The number of hydrogen-bond acceptors (Lipinski definition) is 3. The molecule has 0 atom stereocenters. The molecule has 2 rings (SSSR count). The molecule has 0 amide bonds. The summed E-state index contributed by atoms with van der Waals surface area (Å²) in [5, 5.41) is 2.65. The van der Waals surface area contributed by atoms with Crippen LogP contribution in [0, 0.1) is 0 Å². The molecule has 0 aliphatic heterocycles. The summed E-state index contributed by atoms with van der Waals surface area (Å²) in [6.07, 6.45) is -4.47. The largest absolute Gasteiger partial charge is 0.416 e. The van der Waals surface area contributed by atoms with Crippen molar-refractivity contribution in [1.82, 2.24) is 9.55 Å². The van der Waals surface area contributed by atoms with Crippen LogP contribution >= 0.6 is 0 Å². The zero-order valence-corrected chi connectivity index (χ0v) is 12.6. The van der Waals surface area contributed by atoms with Gasteiger partial charge >= 0.3 is 11.9 Å². The maximum absolute atomic E-state index is 12.9. The summed E-state index contributed by atoms with van der Waals surface area (Å²) < 4.78 is 39.7. The minimum absolute atomic E-state index is 0.0221. The molecule has 5 nitrogen and oxygen atoms in total. The van der Waals surface area contributed by atoms with Crippen LogP contribution in [0.5, 0.6) is 0 Å². The number of H-pyrrole nitrogens is 1. The molecule has 2 N–H and O–H groups in total. The second kappa shape index (κ2) is 6.31. The lowest BCUT2D eigenvalue weighted by Crippen LogP contribution is -2.36. The maximum Gasteiger partial charge on any atom is 0.416 e. The highest BCUT2D eigenvalue weighted by Crippen LogP contribution is 2.31. The Morgan fingerprint density at radius 2 is 1.87 bits per heavy atom. The minimum Gasteiger partial charge on any atom is -0.367 e. The molecule has 0 unspecified atom stereocenters. The Hall–Kier alpha value is -2.51. The van der Waals surface area contributed by atoms with Crippen LogP contribution in [0.3, 0.4) is 0 Å². The molecular weight excluding hydrogens is 311 g/mol. The zero-order chi connectivity index (χ0) is 17.2. The third kappa shape index (κ3) is 3.82. The predicted octanol–water partition coefficient (Wildman–Crippen LogP) is 2.75. The van der Waals surface area contributed by atoms with Gasteiger partial charge in [-0.1, -0.05) is 18.2 Å². The summed E-state index contributed by atoms with van der Waals surface area (Å²) >= 11 is 0. The first kappa shape index (κ1) is 16.9. The van der Waals surface area contributed by atoms with Crippen molar-refractivity contribution in [3.05, 3.63) is 62.3 Å². The first-order valence-electron chi connectivity index (χ1n) is 6.95. The summed E-state index contributed by atoms with van der Waals surface area (Å²) in [7, 11) is 0. The van der Waals surface area contributed by atoms with Crippen LogP contribution in [0.1, 0.15) is 31.0 Å². The Balaban J connectivity index is 2.27. The molecule has 0 saturated carbocycles. The number of benzene rings is 1. The number of alkyl halides is 3. The SMILES string of the molecule is CC(C)n1c(=O)cc(NCc2ccccc2C(F)(F)F)[nH]c1=O. The fraction of sp³-hybridized carbons (Fsp3) is 0.333. The molecule has 0 fully saturated rings. The Labute approximate surface area is 129 Å². The first-order chi connectivity index (χ1) is 10.7. The number of rotatable bonds is 4. The number of aromatic amines is 1. The predicted molar refractivity (Wildman–Crippen MR) is 80.5 cm³/mol. The van der Waals surface area contributed by atoms with Gasteiger partial charge in [-0.25, -0.2) is 4.79 Å². The van der Waals surface area contributed by atoms with Crippen LogP contribution in [0.25, 0.3) is 0 Å². The Bertz CT molecular complexity index is 775. The van der Waals surface area contributed by atoms with E-state index in [-0.39, 0.29) is 24.0 Å². The van der Waals surface area contributed by atoms with E-state index in [4.69, 9.17) is 0 Å². The van der Waals surface area contributed by atoms with Crippen LogP contribution in [-0.4, -0.2) is 9.55 Å². The average molecular weight is 327 g/mol. The van der Waals surface area contributed by atoms with E-state index in [1.807, 2.05) is 0 Å². The van der Waals surface area contributed by atoms with Gasteiger partial charge < -0.3 is 5.32 Å². The summed E-state index contributed by atoms with van der Waals surface area (Å²) in [4.78, 5) is 26.1. The van der Waals surface area contributed by atoms with Gasteiger partial charge in [0.2, 0.25) is 0 Å². The van der Waals surface area contributed by atoms with Gasteiger partial charge in [0.15, 0.2) is 0 Å². The standard InChI is InChI=1S/C15H16F3N3O2/c1-9(2)21-13(22)7-12(20-14(21)23)19-8-10-5-3-4-6-11(10)15(16,17)18/h3-7,9,19H,8H2,1-2H3,(H,20,23). The Morgan fingerprint density at radius 3 is 2.43 bits per heavy atom. The van der Waals surface area contributed by atoms with Crippen molar-refractivity contribution >= 4 is 5.82 Å². The van der Waals surface area contributed by atoms with Crippen LogP contribution in [0.15, 0.2) is 39.9 Å². The third-order valence-electron chi connectivity index (χ3n) is 3.27. The van der Waals surface area contributed by atoms with E-state index in [2.05, 4.69) is 10.3 Å². The number of aromatic nitrogens is 2. The number of nitrogens with one attached hydrogen (secondary N) is 2. The molecule has 1 heterocycles. The smallest absolute Gasteiger partial charge is 0.367 e. The number of nitrogens with zero attached hydrogens (tertiary/aromatic N) is 1. The Morgan fingerprint density at radius 1 is 1.22 bits per heavy atom. The third-order valence-corrected chi connectivity index (χ3v) is 3.27. The molecule has 0 radical (unpaired) electrons. The molecule has 0 aliphatic carbocycles. The topological polar surface area (TPSA) is 66.9 Å². The van der Waals surface area contributed by atoms with Gasteiger partial charge in [-0.2, -0.15) is 13.2 Å². The quantitative estimate of drug-likeness (QED) is 0.907. The van der Waals surface area contributed by atoms with Crippen molar-refractivity contribution in [3.8, 4) is 0 Å². The lowest BCUT2D eigenvalue weighted by atomic mass is 10.1. The van der Waals surface area contributed by atoms with E-state index in [1.165, 1.54) is 18.2 Å². The van der Waals surface area contributed by atoms with E-state index in [0.717, 1.165) is 16.7 Å². The molecule has 0 saturated heterocycles. The lowest BCUT2D eigenvalue weighted by Gasteiger charge is -2.14. The van der Waals surface area contributed by atoms with Gasteiger partial charge in [-0.15, -0.1) is 0 Å².